The molecule has 0 saturated carbocycles. The van der Waals surface area contributed by atoms with E-state index in [1.807, 2.05) is 59.3 Å². The normalized spacial score (nSPS) is 17.2. The lowest BCUT2D eigenvalue weighted by atomic mass is 9.94. The molecule has 1 saturated heterocycles. The van der Waals surface area contributed by atoms with Crippen LogP contribution in [0.3, 0.4) is 0 Å². The van der Waals surface area contributed by atoms with Crippen LogP contribution in [0, 0.1) is 18.8 Å². The fraction of sp³-hybridized carbons (Fsp3) is 0.500. The first-order chi connectivity index (χ1) is 18.8. The number of methoxy groups -OCH3 is 1. The second-order valence-corrected chi connectivity index (χ2v) is 11.3. The summed E-state index contributed by atoms with van der Waals surface area (Å²) in [5.74, 6) is 0.771. The summed E-state index contributed by atoms with van der Waals surface area (Å²) in [5.41, 5.74) is 4.06. The summed E-state index contributed by atoms with van der Waals surface area (Å²) < 4.78 is 7.47. The largest absolute Gasteiger partial charge is 0.385 e. The van der Waals surface area contributed by atoms with Gasteiger partial charge in [0, 0.05) is 82.2 Å². The van der Waals surface area contributed by atoms with Gasteiger partial charge in [-0.3, -0.25) is 9.59 Å². The van der Waals surface area contributed by atoms with Crippen LogP contribution in [0.25, 0.3) is 10.9 Å². The number of likely N-dealkylation sites (N-methyl/N-ethyl adjacent to an activating group) is 1. The fourth-order valence-electron chi connectivity index (χ4n) is 5.69. The average molecular weight is 533 g/mol. The number of carbonyl (C=O) groups is 2. The second-order valence-electron chi connectivity index (χ2n) is 11.3. The van der Waals surface area contributed by atoms with Crippen molar-refractivity contribution in [2.24, 2.45) is 11.8 Å². The van der Waals surface area contributed by atoms with Crippen LogP contribution < -0.4 is 5.32 Å². The topological polar surface area (TPSA) is 66.8 Å². The third-order valence-electron chi connectivity index (χ3n) is 8.00. The summed E-state index contributed by atoms with van der Waals surface area (Å²) in [4.78, 5) is 30.6. The highest BCUT2D eigenvalue weighted by molar-refractivity contribution is 5.98. The minimum absolute atomic E-state index is 0.0633. The number of nitrogens with one attached hydrogen (secondary N) is 1. The molecule has 1 aliphatic rings. The molecule has 2 amide bonds. The lowest BCUT2D eigenvalue weighted by Crippen LogP contribution is -2.44. The molecule has 2 aromatic carbocycles. The molecule has 1 fully saturated rings. The molecule has 2 heterocycles. The quantitative estimate of drug-likeness (QED) is 0.352. The van der Waals surface area contributed by atoms with Crippen molar-refractivity contribution in [2.75, 3.05) is 46.9 Å². The lowest BCUT2D eigenvalue weighted by molar-refractivity contribution is -0.129. The van der Waals surface area contributed by atoms with Crippen molar-refractivity contribution in [3.63, 3.8) is 0 Å². The third kappa shape index (κ3) is 7.08. The fourth-order valence-corrected chi connectivity index (χ4v) is 5.69. The van der Waals surface area contributed by atoms with E-state index >= 15 is 0 Å². The molecule has 0 unspecified atom stereocenters. The molecule has 210 valence electrons. The highest BCUT2D eigenvalue weighted by atomic mass is 16.5. The van der Waals surface area contributed by atoms with Crippen LogP contribution in [-0.2, 0) is 22.5 Å². The molecule has 7 nitrogen and oxygen atoms in total. The molecule has 2 atom stereocenters. The van der Waals surface area contributed by atoms with E-state index in [0.717, 1.165) is 42.7 Å². The molecule has 7 heteroatoms. The first-order valence-corrected chi connectivity index (χ1v) is 14.2. The molecule has 0 aliphatic carbocycles. The molecule has 0 spiro atoms. The number of hydrogen-bond acceptors (Lipinski definition) is 4. The minimum Gasteiger partial charge on any atom is -0.385 e. The van der Waals surface area contributed by atoms with Gasteiger partial charge in [0.25, 0.3) is 5.91 Å². The van der Waals surface area contributed by atoms with Crippen molar-refractivity contribution in [2.45, 2.75) is 46.2 Å². The molecule has 1 N–H and O–H groups in total. The highest BCUT2D eigenvalue weighted by Crippen LogP contribution is 2.26. The van der Waals surface area contributed by atoms with Crippen LogP contribution in [0.2, 0.25) is 0 Å². The first kappa shape index (κ1) is 28.8. The maximum Gasteiger partial charge on any atom is 0.254 e. The van der Waals surface area contributed by atoms with Gasteiger partial charge in [0.1, 0.15) is 0 Å². The Bertz CT molecular complexity index is 1250. The molecule has 0 radical (unpaired) electrons. The Hall–Kier alpha value is -3.16. The molecule has 39 heavy (non-hydrogen) atoms. The van der Waals surface area contributed by atoms with Gasteiger partial charge in [0.15, 0.2) is 0 Å². The van der Waals surface area contributed by atoms with Gasteiger partial charge in [-0.15, -0.1) is 0 Å². The van der Waals surface area contributed by atoms with Crippen LogP contribution in [0.5, 0.6) is 0 Å². The zero-order valence-corrected chi connectivity index (χ0v) is 24.2. The van der Waals surface area contributed by atoms with Gasteiger partial charge in [-0.1, -0.05) is 36.4 Å². The molecule has 0 bridgehead atoms. The Morgan fingerprint density at radius 3 is 2.49 bits per heavy atom. The molecule has 3 aromatic rings. The number of aryl methyl sites for hydroxylation is 2. The molecule has 1 aromatic heterocycles. The Balaban J connectivity index is 1.45. The van der Waals surface area contributed by atoms with Crippen LogP contribution in [0.4, 0.5) is 0 Å². The van der Waals surface area contributed by atoms with Crippen molar-refractivity contribution < 1.29 is 14.3 Å². The van der Waals surface area contributed by atoms with Gasteiger partial charge in [0.2, 0.25) is 5.91 Å². The van der Waals surface area contributed by atoms with Crippen molar-refractivity contribution in [3.8, 4) is 0 Å². The van der Waals surface area contributed by atoms with Gasteiger partial charge in [-0.2, -0.15) is 0 Å². The van der Waals surface area contributed by atoms with Crippen LogP contribution in [-0.4, -0.2) is 79.2 Å². The monoisotopic (exact) mass is 532 g/mol. The number of aromatic nitrogens is 1. The highest BCUT2D eigenvalue weighted by Gasteiger charge is 2.33. The maximum absolute atomic E-state index is 13.8. The van der Waals surface area contributed by atoms with E-state index in [0.29, 0.717) is 32.0 Å². The van der Waals surface area contributed by atoms with Gasteiger partial charge in [-0.05, 0) is 62.3 Å². The first-order valence-electron chi connectivity index (χ1n) is 14.2. The summed E-state index contributed by atoms with van der Waals surface area (Å²) in [6.07, 6.45) is 3.50. The minimum atomic E-state index is 0.0633. The van der Waals surface area contributed by atoms with Crippen LogP contribution >= 0.6 is 0 Å². The zero-order chi connectivity index (χ0) is 27.9. The van der Waals surface area contributed by atoms with Crippen LogP contribution in [0.15, 0.2) is 54.7 Å². The molecule has 4 rings (SSSR count). The van der Waals surface area contributed by atoms with Gasteiger partial charge >= 0.3 is 0 Å². The summed E-state index contributed by atoms with van der Waals surface area (Å²) in [5, 5.41) is 4.69. The summed E-state index contributed by atoms with van der Waals surface area (Å²) in [7, 11) is 3.62. The standard InChI is InChI=1S/C32H44N4O3/c1-23(2)36(32(38)26-12-13-29-24(3)20-35(30(29)17-26)14-9-15-39-5)22-28-19-33-18-27(28)21-34(4)31(37)16-25-10-7-6-8-11-25/h6-8,10-13,17,20,23,27-28,33H,9,14-16,18-19,21-22H2,1-5H3/t27-,28-/m0/s1. The van der Waals surface area contributed by atoms with Crippen molar-refractivity contribution in [1.29, 1.82) is 0 Å². The number of rotatable bonds is 12. The smallest absolute Gasteiger partial charge is 0.254 e. The second kappa shape index (κ2) is 13.3. The predicted octanol–water partition coefficient (Wildman–Crippen LogP) is 4.37. The number of hydrogen-bond donors (Lipinski definition) is 1. The number of ether oxygens (including phenoxy) is 1. The summed E-state index contributed by atoms with van der Waals surface area (Å²) >= 11 is 0. The summed E-state index contributed by atoms with van der Waals surface area (Å²) in [6, 6.07) is 16.1. The molecular weight excluding hydrogens is 488 g/mol. The number of nitrogens with zero attached hydrogens (tertiary/aromatic N) is 3. The Morgan fingerprint density at radius 2 is 1.79 bits per heavy atom. The van der Waals surface area contributed by atoms with E-state index in [2.05, 4.69) is 42.9 Å². The van der Waals surface area contributed by atoms with E-state index in [9.17, 15) is 9.59 Å². The Labute approximate surface area is 233 Å². The van der Waals surface area contributed by atoms with E-state index in [1.54, 1.807) is 7.11 Å². The van der Waals surface area contributed by atoms with E-state index in [4.69, 9.17) is 4.74 Å². The van der Waals surface area contributed by atoms with Crippen molar-refractivity contribution >= 4 is 22.7 Å². The predicted molar refractivity (Wildman–Crippen MR) is 157 cm³/mol. The number of carbonyl (C=O) groups excluding carboxylic acids is 2. The van der Waals surface area contributed by atoms with Crippen molar-refractivity contribution in [1.82, 2.24) is 19.7 Å². The van der Waals surface area contributed by atoms with E-state index in [1.165, 1.54) is 10.9 Å². The third-order valence-corrected chi connectivity index (χ3v) is 8.00. The van der Waals surface area contributed by atoms with E-state index < -0.39 is 0 Å². The number of benzene rings is 2. The Kier molecular flexibility index (Phi) is 9.81. The van der Waals surface area contributed by atoms with E-state index in [-0.39, 0.29) is 23.8 Å². The van der Waals surface area contributed by atoms with Gasteiger partial charge < -0.3 is 24.4 Å². The van der Waals surface area contributed by atoms with Gasteiger partial charge in [-0.25, -0.2) is 0 Å². The van der Waals surface area contributed by atoms with Crippen LogP contribution in [0.1, 0.15) is 41.8 Å². The lowest BCUT2D eigenvalue weighted by Gasteiger charge is -2.33. The molecule has 1 aliphatic heterocycles. The number of amides is 2. The summed E-state index contributed by atoms with van der Waals surface area (Å²) in [6.45, 7) is 10.9. The average Bonchev–Trinajstić information content (AvgIpc) is 3.50. The Morgan fingerprint density at radius 1 is 1.08 bits per heavy atom. The maximum atomic E-state index is 13.8. The van der Waals surface area contributed by atoms with Gasteiger partial charge in [0.05, 0.1) is 6.42 Å². The SMILES string of the molecule is COCCCn1cc(C)c2ccc(C(=O)N(C[C@@H]3CNC[C@H]3CN(C)C(=O)Cc3ccccc3)C(C)C)cc21. The number of fused-ring (bicyclic) bond motifs is 1. The zero-order valence-electron chi connectivity index (χ0n) is 24.2. The van der Waals surface area contributed by atoms with Crippen molar-refractivity contribution in [3.05, 3.63) is 71.4 Å². The molecular formula is C32H44N4O3.